The number of rotatable bonds is 9. The molecule has 1 heterocycles. The minimum atomic E-state index is 0.185. The molecular weight excluding hydrogens is 375 g/mol. The van der Waals surface area contributed by atoms with Crippen LogP contribution in [0.15, 0.2) is 28.1 Å². The van der Waals surface area contributed by atoms with Gasteiger partial charge in [-0.25, -0.2) is 4.98 Å². The van der Waals surface area contributed by atoms with Gasteiger partial charge in [0.15, 0.2) is 0 Å². The van der Waals surface area contributed by atoms with Crippen LogP contribution in [-0.4, -0.2) is 21.3 Å². The average Bonchev–Trinajstić information content (AvgIpc) is 2.87. The third-order valence-electron chi connectivity index (χ3n) is 3.92. The molecule has 0 spiro atoms. The highest BCUT2D eigenvalue weighted by molar-refractivity contribution is 7.99. The van der Waals surface area contributed by atoms with Crippen molar-refractivity contribution < 1.29 is 5.11 Å². The second-order valence-corrected chi connectivity index (χ2v) is 8.35. The number of hydrogen-bond acceptors (Lipinski definition) is 3. The second kappa shape index (κ2) is 9.86. The molecule has 2 aromatic rings. The minimum absolute atomic E-state index is 0.185. The minimum Gasteiger partial charge on any atom is -0.396 e. The SMILES string of the molecule is CCCCn1c(CCCO)nc(C(C)C)c1Sc1cc(Cl)cc(Cl)c1. The number of imidazole rings is 1. The maximum Gasteiger partial charge on any atom is 0.109 e. The fourth-order valence-electron chi connectivity index (χ4n) is 2.66. The van der Waals surface area contributed by atoms with Gasteiger partial charge in [0.1, 0.15) is 10.9 Å². The van der Waals surface area contributed by atoms with Crippen molar-refractivity contribution in [3.8, 4) is 0 Å². The number of benzene rings is 1. The van der Waals surface area contributed by atoms with Gasteiger partial charge in [-0.15, -0.1) is 0 Å². The van der Waals surface area contributed by atoms with Gasteiger partial charge in [-0.2, -0.15) is 0 Å². The van der Waals surface area contributed by atoms with E-state index in [0.29, 0.717) is 16.0 Å². The van der Waals surface area contributed by atoms with Crippen LogP contribution in [0.1, 0.15) is 57.5 Å². The molecule has 0 saturated heterocycles. The maximum atomic E-state index is 9.20. The molecule has 1 N–H and O–H groups in total. The van der Waals surface area contributed by atoms with Crippen molar-refractivity contribution in [2.24, 2.45) is 0 Å². The summed E-state index contributed by atoms with van der Waals surface area (Å²) in [6.07, 6.45) is 3.75. The van der Waals surface area contributed by atoms with E-state index in [1.54, 1.807) is 17.8 Å². The first kappa shape index (κ1) is 20.6. The van der Waals surface area contributed by atoms with Gasteiger partial charge in [0.2, 0.25) is 0 Å². The van der Waals surface area contributed by atoms with E-state index in [-0.39, 0.29) is 6.61 Å². The summed E-state index contributed by atoms with van der Waals surface area (Å²) in [6, 6.07) is 5.62. The lowest BCUT2D eigenvalue weighted by atomic mass is 10.1. The smallest absolute Gasteiger partial charge is 0.109 e. The van der Waals surface area contributed by atoms with Crippen molar-refractivity contribution in [3.05, 3.63) is 39.8 Å². The number of unbranched alkanes of at least 4 members (excludes halogenated alkanes) is 1. The van der Waals surface area contributed by atoms with Crippen LogP contribution in [0.4, 0.5) is 0 Å². The molecule has 1 aromatic heterocycles. The van der Waals surface area contributed by atoms with Gasteiger partial charge in [0.25, 0.3) is 0 Å². The molecule has 3 nitrogen and oxygen atoms in total. The van der Waals surface area contributed by atoms with E-state index in [2.05, 4.69) is 25.3 Å². The Morgan fingerprint density at radius 1 is 1.16 bits per heavy atom. The van der Waals surface area contributed by atoms with Gasteiger partial charge in [0.05, 0.1) is 5.69 Å². The average molecular weight is 401 g/mol. The van der Waals surface area contributed by atoms with Crippen LogP contribution < -0.4 is 0 Å². The summed E-state index contributed by atoms with van der Waals surface area (Å²) >= 11 is 14.0. The summed E-state index contributed by atoms with van der Waals surface area (Å²) in [6.45, 7) is 7.64. The molecule has 1 aromatic carbocycles. The van der Waals surface area contributed by atoms with E-state index in [1.165, 1.54) is 0 Å². The van der Waals surface area contributed by atoms with Crippen LogP contribution in [-0.2, 0) is 13.0 Å². The molecule has 0 aliphatic rings. The number of halogens is 2. The highest BCUT2D eigenvalue weighted by Crippen LogP contribution is 2.37. The maximum absolute atomic E-state index is 9.20. The number of aromatic nitrogens is 2. The van der Waals surface area contributed by atoms with Gasteiger partial charge in [-0.3, -0.25) is 0 Å². The van der Waals surface area contributed by atoms with Crippen LogP contribution in [0.3, 0.4) is 0 Å². The molecule has 0 aliphatic carbocycles. The summed E-state index contributed by atoms with van der Waals surface area (Å²) in [5, 5.41) is 11.6. The van der Waals surface area contributed by atoms with Gasteiger partial charge >= 0.3 is 0 Å². The lowest BCUT2D eigenvalue weighted by Crippen LogP contribution is -2.06. The predicted molar refractivity (Wildman–Crippen MR) is 107 cm³/mol. The highest BCUT2D eigenvalue weighted by Gasteiger charge is 2.20. The number of aryl methyl sites for hydroxylation is 1. The van der Waals surface area contributed by atoms with Crippen molar-refractivity contribution in [2.45, 2.75) is 68.8 Å². The molecule has 0 fully saturated rings. The molecule has 0 unspecified atom stereocenters. The zero-order valence-corrected chi connectivity index (χ0v) is 17.4. The predicted octanol–water partition coefficient (Wildman–Crippen LogP) is 6.19. The third kappa shape index (κ3) is 5.65. The van der Waals surface area contributed by atoms with E-state index in [4.69, 9.17) is 28.2 Å². The highest BCUT2D eigenvalue weighted by atomic mass is 35.5. The zero-order valence-electron chi connectivity index (χ0n) is 15.1. The summed E-state index contributed by atoms with van der Waals surface area (Å²) in [5.41, 5.74) is 1.10. The number of aliphatic hydroxyl groups is 1. The summed E-state index contributed by atoms with van der Waals surface area (Å²) in [5.74, 6) is 1.38. The molecule has 6 heteroatoms. The van der Waals surface area contributed by atoms with Crippen molar-refractivity contribution in [1.29, 1.82) is 0 Å². The number of hydrogen-bond donors (Lipinski definition) is 1. The molecule has 0 radical (unpaired) electrons. The largest absolute Gasteiger partial charge is 0.396 e. The molecule has 0 atom stereocenters. The van der Waals surface area contributed by atoms with Gasteiger partial charge in [-0.05, 0) is 37.0 Å². The zero-order chi connectivity index (χ0) is 18.4. The Balaban J connectivity index is 2.45. The van der Waals surface area contributed by atoms with E-state index >= 15 is 0 Å². The molecular formula is C19H26Cl2N2OS. The fourth-order valence-corrected chi connectivity index (χ4v) is 4.60. The quantitative estimate of drug-likeness (QED) is 0.544. The molecule has 0 aliphatic heterocycles. The van der Waals surface area contributed by atoms with Crippen molar-refractivity contribution >= 4 is 35.0 Å². The van der Waals surface area contributed by atoms with Crippen LogP contribution in [0.2, 0.25) is 10.0 Å². The lowest BCUT2D eigenvalue weighted by Gasteiger charge is -2.13. The lowest BCUT2D eigenvalue weighted by molar-refractivity contribution is 0.286. The Morgan fingerprint density at radius 3 is 2.40 bits per heavy atom. The number of nitrogens with zero attached hydrogens (tertiary/aromatic N) is 2. The fraction of sp³-hybridized carbons (Fsp3) is 0.526. The third-order valence-corrected chi connectivity index (χ3v) is 5.45. The van der Waals surface area contributed by atoms with Crippen LogP contribution in [0.25, 0.3) is 0 Å². The standard InChI is InChI=1S/C19H26Cl2N2OS/c1-4-5-8-23-17(7-6-9-24)22-18(13(2)3)19(23)25-16-11-14(20)10-15(21)12-16/h10-13,24H,4-9H2,1-3H3. The first-order valence-electron chi connectivity index (χ1n) is 8.80. The first-order valence-corrected chi connectivity index (χ1v) is 10.4. The summed E-state index contributed by atoms with van der Waals surface area (Å²) in [4.78, 5) is 5.93. The van der Waals surface area contributed by atoms with Gasteiger partial charge in [-0.1, -0.05) is 62.2 Å². The Hall–Kier alpha value is -0.680. The Kier molecular flexibility index (Phi) is 8.14. The molecule has 0 bridgehead atoms. The Labute approximate surface area is 164 Å². The summed E-state index contributed by atoms with van der Waals surface area (Å²) < 4.78 is 2.31. The van der Waals surface area contributed by atoms with Gasteiger partial charge in [0, 0.05) is 34.5 Å². The summed E-state index contributed by atoms with van der Waals surface area (Å²) in [7, 11) is 0. The van der Waals surface area contributed by atoms with Crippen molar-refractivity contribution in [2.75, 3.05) is 6.61 Å². The Bertz CT molecular complexity index is 681. The van der Waals surface area contributed by atoms with E-state index in [0.717, 1.165) is 53.7 Å². The normalized spacial score (nSPS) is 11.5. The van der Waals surface area contributed by atoms with Gasteiger partial charge < -0.3 is 9.67 Å². The molecule has 138 valence electrons. The first-order chi connectivity index (χ1) is 12.0. The number of aliphatic hydroxyl groups excluding tert-OH is 1. The van der Waals surface area contributed by atoms with Crippen molar-refractivity contribution in [1.82, 2.24) is 9.55 Å². The monoisotopic (exact) mass is 400 g/mol. The molecule has 0 saturated carbocycles. The molecule has 2 rings (SSSR count). The topological polar surface area (TPSA) is 38.0 Å². The van der Waals surface area contributed by atoms with E-state index in [1.807, 2.05) is 12.1 Å². The van der Waals surface area contributed by atoms with E-state index in [9.17, 15) is 5.11 Å². The van der Waals surface area contributed by atoms with Crippen LogP contribution in [0, 0.1) is 0 Å². The Morgan fingerprint density at radius 2 is 1.84 bits per heavy atom. The molecule has 25 heavy (non-hydrogen) atoms. The van der Waals surface area contributed by atoms with E-state index < -0.39 is 0 Å². The van der Waals surface area contributed by atoms with Crippen LogP contribution >= 0.6 is 35.0 Å². The molecule has 0 amide bonds. The second-order valence-electron chi connectivity index (χ2n) is 6.41. The van der Waals surface area contributed by atoms with Crippen molar-refractivity contribution in [3.63, 3.8) is 0 Å². The van der Waals surface area contributed by atoms with Crippen LogP contribution in [0.5, 0.6) is 0 Å².